The second-order valence-electron chi connectivity index (χ2n) is 4.34. The molecule has 3 rings (SSSR count). The Morgan fingerprint density at radius 1 is 0.947 bits per heavy atom. The Hall–Kier alpha value is -0.650. The number of halogens is 3. The average Bonchev–Trinajstić information content (AvgIpc) is 2.60. The van der Waals surface area contributed by atoms with Crippen molar-refractivity contribution in [3.05, 3.63) is 56.5 Å². The third-order valence-electron chi connectivity index (χ3n) is 3.29. The van der Waals surface area contributed by atoms with Gasteiger partial charge in [0.25, 0.3) is 0 Å². The Kier molecular flexibility index (Phi) is 3.11. The van der Waals surface area contributed by atoms with Crippen molar-refractivity contribution in [2.45, 2.75) is 4.32 Å². The second kappa shape index (κ2) is 4.43. The zero-order chi connectivity index (χ0) is 13.8. The molecule has 0 atom stereocenters. The fourth-order valence-corrected chi connectivity index (χ4v) is 3.83. The van der Waals surface area contributed by atoms with Gasteiger partial charge < -0.3 is 5.11 Å². The maximum absolute atomic E-state index is 11.8. The van der Waals surface area contributed by atoms with Crippen LogP contribution in [-0.2, 0) is 9.12 Å². The van der Waals surface area contributed by atoms with Crippen LogP contribution < -0.4 is 0 Å². The van der Waals surface area contributed by atoms with Crippen LogP contribution in [0.25, 0.3) is 11.1 Å². The predicted octanol–water partition coefficient (Wildman–Crippen LogP) is 4.92. The molecule has 96 valence electrons. The molecule has 0 aliphatic heterocycles. The number of fused-ring (bicyclic) bond motifs is 3. The molecule has 5 heteroatoms. The summed E-state index contributed by atoms with van der Waals surface area (Å²) in [5.41, 5.74) is 3.40. The van der Waals surface area contributed by atoms with E-state index in [1.807, 2.05) is 36.4 Å². The van der Waals surface area contributed by atoms with E-state index in [1.165, 1.54) is 0 Å². The van der Waals surface area contributed by atoms with E-state index >= 15 is 0 Å². The Morgan fingerprint density at radius 2 is 1.37 bits per heavy atom. The fraction of sp³-hybridized carbons (Fsp3) is 0.0714. The number of alkyl halides is 1. The second-order valence-corrected chi connectivity index (χ2v) is 7.36. The number of rotatable bonds is 1. The molecule has 0 amide bonds. The molecule has 19 heavy (non-hydrogen) atoms. The molecule has 2 aromatic carbocycles. The normalized spacial score (nSPS) is 14.9. The number of carboxylic acid groups (broad SMARTS) is 1. The van der Waals surface area contributed by atoms with E-state index < -0.39 is 10.3 Å². The molecule has 0 radical (unpaired) electrons. The van der Waals surface area contributed by atoms with Crippen molar-refractivity contribution < 1.29 is 9.90 Å². The van der Waals surface area contributed by atoms with Crippen LogP contribution in [0.5, 0.6) is 0 Å². The molecule has 0 spiro atoms. The van der Waals surface area contributed by atoms with Crippen LogP contribution in [0.4, 0.5) is 0 Å². The quantitative estimate of drug-likeness (QED) is 0.632. The number of aliphatic carboxylic acids is 1. The van der Waals surface area contributed by atoms with Crippen molar-refractivity contribution in [3.63, 3.8) is 0 Å². The maximum Gasteiger partial charge on any atom is 0.329 e. The topological polar surface area (TPSA) is 37.3 Å². The van der Waals surface area contributed by atoms with Crippen LogP contribution in [0, 0.1) is 0 Å². The van der Waals surface area contributed by atoms with Crippen LogP contribution in [0.3, 0.4) is 0 Å². The average molecular weight is 447 g/mol. The van der Waals surface area contributed by atoms with Crippen LogP contribution in [0.1, 0.15) is 11.1 Å². The third kappa shape index (κ3) is 1.82. The lowest BCUT2D eigenvalue weighted by Gasteiger charge is -2.19. The highest BCUT2D eigenvalue weighted by Crippen LogP contribution is 2.53. The molecule has 0 heterocycles. The third-order valence-corrected chi connectivity index (χ3v) is 5.47. The molecule has 0 unspecified atom stereocenters. The lowest BCUT2D eigenvalue weighted by molar-refractivity contribution is -0.138. The first-order chi connectivity index (χ1) is 8.94. The van der Waals surface area contributed by atoms with Gasteiger partial charge in [0.15, 0.2) is 4.32 Å². The minimum Gasteiger partial charge on any atom is -0.480 e. The Bertz CT molecular complexity index is 658. The number of benzene rings is 2. The van der Waals surface area contributed by atoms with E-state index in [4.69, 9.17) is 0 Å². The van der Waals surface area contributed by atoms with Gasteiger partial charge in [-0.25, -0.2) is 4.79 Å². The summed E-state index contributed by atoms with van der Waals surface area (Å²) in [5, 5.41) is 9.67. The monoisotopic (exact) mass is 444 g/mol. The first-order valence-electron chi connectivity index (χ1n) is 5.47. The zero-order valence-corrected chi connectivity index (χ0v) is 14.2. The number of hydrogen-bond donors (Lipinski definition) is 1. The van der Waals surface area contributed by atoms with E-state index in [2.05, 4.69) is 47.8 Å². The van der Waals surface area contributed by atoms with Gasteiger partial charge in [-0.2, -0.15) is 0 Å². The first kappa shape index (κ1) is 13.3. The van der Waals surface area contributed by atoms with Crippen molar-refractivity contribution in [1.82, 2.24) is 0 Å². The van der Waals surface area contributed by atoms with Crippen molar-refractivity contribution in [2.75, 3.05) is 0 Å². The van der Waals surface area contributed by atoms with Gasteiger partial charge in [-0.1, -0.05) is 59.9 Å². The summed E-state index contributed by atoms with van der Waals surface area (Å²) in [6, 6.07) is 11.4. The van der Waals surface area contributed by atoms with Gasteiger partial charge in [0.1, 0.15) is 0 Å². The Balaban J connectivity index is 2.42. The van der Waals surface area contributed by atoms with E-state index in [-0.39, 0.29) is 0 Å². The van der Waals surface area contributed by atoms with Gasteiger partial charge in [0, 0.05) is 8.95 Å². The van der Waals surface area contributed by atoms with Gasteiger partial charge in [0.2, 0.25) is 0 Å². The number of carboxylic acids is 1. The smallest absolute Gasteiger partial charge is 0.329 e. The summed E-state index contributed by atoms with van der Waals surface area (Å²) in [6.07, 6.45) is 0. The summed E-state index contributed by atoms with van der Waals surface area (Å²) < 4.78 is 0.539. The Morgan fingerprint density at radius 3 is 1.74 bits per heavy atom. The summed E-state index contributed by atoms with van der Waals surface area (Å²) in [4.78, 5) is 11.8. The molecule has 1 aliphatic carbocycles. The van der Waals surface area contributed by atoms with Gasteiger partial charge in [-0.3, -0.25) is 0 Å². The van der Waals surface area contributed by atoms with Gasteiger partial charge in [0.05, 0.1) is 0 Å². The number of hydrogen-bond acceptors (Lipinski definition) is 1. The fourth-order valence-electron chi connectivity index (χ4n) is 2.45. The first-order valence-corrected chi connectivity index (χ1v) is 7.85. The molecule has 0 bridgehead atoms. The van der Waals surface area contributed by atoms with Crippen LogP contribution in [0.15, 0.2) is 45.3 Å². The molecule has 0 saturated carbocycles. The summed E-state index contributed by atoms with van der Waals surface area (Å²) >= 11 is 10.2. The highest BCUT2D eigenvalue weighted by atomic mass is 79.9. The highest BCUT2D eigenvalue weighted by molar-refractivity contribution is 9.11. The summed E-state index contributed by atoms with van der Waals surface area (Å²) in [6.45, 7) is 0. The molecule has 2 nitrogen and oxygen atoms in total. The lowest BCUT2D eigenvalue weighted by atomic mass is 9.97. The van der Waals surface area contributed by atoms with Crippen molar-refractivity contribution in [3.8, 4) is 11.1 Å². The van der Waals surface area contributed by atoms with E-state index in [1.54, 1.807) is 0 Å². The number of carbonyl (C=O) groups is 1. The van der Waals surface area contributed by atoms with Crippen LogP contribution in [0.2, 0.25) is 0 Å². The molecule has 0 aromatic heterocycles. The highest BCUT2D eigenvalue weighted by Gasteiger charge is 2.47. The Labute approximate surface area is 135 Å². The van der Waals surface area contributed by atoms with Gasteiger partial charge >= 0.3 is 5.97 Å². The molecule has 1 aliphatic rings. The standard InChI is InChI=1S/C14H7Br3O2/c15-7-1-3-9-10-4-2-8(16)6-12(10)14(17,13(18)19)11(9)5-7/h1-6H,(H,18,19). The summed E-state index contributed by atoms with van der Waals surface area (Å²) in [7, 11) is 0. The van der Waals surface area contributed by atoms with E-state index in [0.29, 0.717) is 0 Å². The minimum absolute atomic E-state index is 0.752. The zero-order valence-electron chi connectivity index (χ0n) is 9.45. The van der Waals surface area contributed by atoms with E-state index in [0.717, 1.165) is 31.2 Å². The van der Waals surface area contributed by atoms with E-state index in [9.17, 15) is 9.90 Å². The molecule has 0 fully saturated rings. The molecular formula is C14H7Br3O2. The molecule has 0 saturated heterocycles. The molecular weight excluding hydrogens is 440 g/mol. The molecule has 2 aromatic rings. The van der Waals surface area contributed by atoms with Crippen LogP contribution >= 0.6 is 47.8 Å². The van der Waals surface area contributed by atoms with Gasteiger partial charge in [-0.15, -0.1) is 0 Å². The van der Waals surface area contributed by atoms with Crippen molar-refractivity contribution in [2.24, 2.45) is 0 Å². The van der Waals surface area contributed by atoms with Crippen molar-refractivity contribution >= 4 is 53.8 Å². The summed E-state index contributed by atoms with van der Waals surface area (Å²) in [5.74, 6) is -0.913. The lowest BCUT2D eigenvalue weighted by Crippen LogP contribution is -2.28. The maximum atomic E-state index is 11.8. The SMILES string of the molecule is O=C(O)C1(Br)c2cc(Br)ccc2-c2ccc(Br)cc21. The van der Waals surface area contributed by atoms with Crippen molar-refractivity contribution in [1.29, 1.82) is 0 Å². The predicted molar refractivity (Wildman–Crippen MR) is 84.6 cm³/mol. The molecule has 1 N–H and O–H groups in total. The van der Waals surface area contributed by atoms with Gasteiger partial charge in [-0.05, 0) is 46.5 Å². The minimum atomic E-state index is -1.19. The largest absolute Gasteiger partial charge is 0.480 e. The van der Waals surface area contributed by atoms with Crippen LogP contribution in [-0.4, -0.2) is 11.1 Å².